The van der Waals surface area contributed by atoms with Crippen LogP contribution in [0.2, 0.25) is 0 Å². The first-order chi connectivity index (χ1) is 17.7. The molecule has 1 aromatic rings. The highest BCUT2D eigenvalue weighted by Gasteiger charge is 2.17. The number of amides is 2. The van der Waals surface area contributed by atoms with Gasteiger partial charge in [-0.15, -0.1) is 0 Å². The molecule has 2 amide bonds. The van der Waals surface area contributed by atoms with Gasteiger partial charge in [-0.05, 0) is 43.9 Å². The lowest BCUT2D eigenvalue weighted by atomic mass is 10.1. The second-order valence-corrected chi connectivity index (χ2v) is 10.7. The van der Waals surface area contributed by atoms with Gasteiger partial charge in [0, 0.05) is 25.8 Å². The largest absolute Gasteiger partial charge is 0.424 e. The topological polar surface area (TPSA) is 139 Å². The fourth-order valence-corrected chi connectivity index (χ4v) is 4.24. The van der Waals surface area contributed by atoms with Gasteiger partial charge in [0.05, 0.1) is 10.6 Å². The van der Waals surface area contributed by atoms with E-state index in [1.165, 1.54) is 31.7 Å². The molecule has 1 aromatic carbocycles. The van der Waals surface area contributed by atoms with E-state index in [2.05, 4.69) is 17.6 Å². The SMILES string of the molecule is CCCCCCCCC(=O)NCCCCCC(=O)Nc1cc(S(=O)(=O)O)ccc1OC(=O)CCCCC. The highest BCUT2D eigenvalue weighted by molar-refractivity contribution is 7.85. The number of ether oxygens (including phenoxy) is 1. The van der Waals surface area contributed by atoms with Crippen molar-refractivity contribution in [2.75, 3.05) is 11.9 Å². The third-order valence-electron chi connectivity index (χ3n) is 5.89. The van der Waals surface area contributed by atoms with Gasteiger partial charge in [0.2, 0.25) is 11.8 Å². The molecule has 0 heterocycles. The smallest absolute Gasteiger partial charge is 0.311 e. The van der Waals surface area contributed by atoms with Gasteiger partial charge in [0.25, 0.3) is 10.1 Å². The maximum absolute atomic E-state index is 12.4. The molecule has 0 bridgehead atoms. The first-order valence-corrected chi connectivity index (χ1v) is 15.0. The van der Waals surface area contributed by atoms with E-state index >= 15 is 0 Å². The molecule has 0 fully saturated rings. The highest BCUT2D eigenvalue weighted by Crippen LogP contribution is 2.29. The van der Waals surface area contributed by atoms with E-state index in [4.69, 9.17) is 4.74 Å². The second-order valence-electron chi connectivity index (χ2n) is 9.29. The summed E-state index contributed by atoms with van der Waals surface area (Å²) < 4.78 is 37.7. The summed E-state index contributed by atoms with van der Waals surface area (Å²) in [6.07, 6.45) is 12.3. The zero-order valence-electron chi connectivity index (χ0n) is 22.4. The molecule has 1 rings (SSSR count). The maximum atomic E-state index is 12.4. The third-order valence-corrected chi connectivity index (χ3v) is 6.74. The van der Waals surface area contributed by atoms with E-state index in [1.807, 2.05) is 6.92 Å². The lowest BCUT2D eigenvalue weighted by Crippen LogP contribution is -2.24. The lowest BCUT2D eigenvalue weighted by molar-refractivity contribution is -0.134. The van der Waals surface area contributed by atoms with Crippen LogP contribution >= 0.6 is 0 Å². The van der Waals surface area contributed by atoms with Crippen LogP contribution in [0.1, 0.15) is 110 Å². The maximum Gasteiger partial charge on any atom is 0.311 e. The molecule has 0 aliphatic carbocycles. The number of rotatable bonds is 20. The van der Waals surface area contributed by atoms with Crippen LogP contribution in [0.25, 0.3) is 0 Å². The summed E-state index contributed by atoms with van der Waals surface area (Å²) in [5, 5.41) is 5.49. The van der Waals surface area contributed by atoms with Crippen LogP contribution in [0.15, 0.2) is 23.1 Å². The number of carbonyl (C=O) groups excluding carboxylic acids is 3. The molecule has 210 valence electrons. The summed E-state index contributed by atoms with van der Waals surface area (Å²) in [4.78, 5) is 36.0. The molecule has 0 atom stereocenters. The number of unbranched alkanes of at least 4 members (excludes halogenated alkanes) is 9. The van der Waals surface area contributed by atoms with E-state index < -0.39 is 21.0 Å². The quantitative estimate of drug-likeness (QED) is 0.0824. The monoisotopic (exact) mass is 540 g/mol. The van der Waals surface area contributed by atoms with Crippen molar-refractivity contribution in [2.45, 2.75) is 115 Å². The standard InChI is InChI=1S/C27H44N2O7S/c1-3-5-7-8-9-12-15-25(30)28-20-14-10-13-16-26(31)29-23-21-22(37(33,34)35)18-19-24(23)36-27(32)17-11-6-4-2/h18-19,21H,3-17,20H2,1-2H3,(H,28,30)(H,29,31)(H,33,34,35). The Kier molecular flexibility index (Phi) is 16.5. The average molecular weight is 541 g/mol. The Bertz CT molecular complexity index is 948. The van der Waals surface area contributed by atoms with Gasteiger partial charge >= 0.3 is 5.97 Å². The van der Waals surface area contributed by atoms with Crippen LogP contribution in [0.3, 0.4) is 0 Å². The van der Waals surface area contributed by atoms with Gasteiger partial charge in [-0.25, -0.2) is 0 Å². The Hall–Kier alpha value is -2.46. The molecule has 9 nitrogen and oxygen atoms in total. The van der Waals surface area contributed by atoms with Crippen LogP contribution in [0.4, 0.5) is 5.69 Å². The van der Waals surface area contributed by atoms with Crippen molar-refractivity contribution >= 4 is 33.6 Å². The molecule has 0 radical (unpaired) electrons. The Morgan fingerprint density at radius 3 is 2.03 bits per heavy atom. The predicted octanol–water partition coefficient (Wildman–Crippen LogP) is 5.78. The predicted molar refractivity (Wildman–Crippen MR) is 144 cm³/mol. The Balaban J connectivity index is 2.44. The molecule has 0 saturated heterocycles. The number of hydrogen-bond acceptors (Lipinski definition) is 6. The van der Waals surface area contributed by atoms with E-state index in [0.29, 0.717) is 25.8 Å². The molecule has 0 aliphatic heterocycles. The summed E-state index contributed by atoms with van der Waals surface area (Å²) in [5.41, 5.74) is 0.00549. The molecular weight excluding hydrogens is 496 g/mol. The van der Waals surface area contributed by atoms with Crippen molar-refractivity contribution in [1.82, 2.24) is 5.32 Å². The number of nitrogens with one attached hydrogen (secondary N) is 2. The summed E-state index contributed by atoms with van der Waals surface area (Å²) in [5.74, 6) is -0.774. The van der Waals surface area contributed by atoms with Crippen molar-refractivity contribution < 1.29 is 32.1 Å². The molecular formula is C27H44N2O7S. The van der Waals surface area contributed by atoms with Crippen LogP contribution < -0.4 is 15.4 Å². The first-order valence-electron chi connectivity index (χ1n) is 13.6. The highest BCUT2D eigenvalue weighted by atomic mass is 32.2. The normalized spacial score (nSPS) is 11.2. The summed E-state index contributed by atoms with van der Waals surface area (Å²) in [6.45, 7) is 4.75. The Morgan fingerprint density at radius 1 is 0.784 bits per heavy atom. The summed E-state index contributed by atoms with van der Waals surface area (Å²) in [7, 11) is -4.50. The van der Waals surface area contributed by atoms with Gasteiger partial charge in [0.1, 0.15) is 0 Å². The zero-order chi connectivity index (χ0) is 27.5. The van der Waals surface area contributed by atoms with Crippen molar-refractivity contribution in [1.29, 1.82) is 0 Å². The average Bonchev–Trinajstić information content (AvgIpc) is 2.84. The molecule has 0 spiro atoms. The van der Waals surface area contributed by atoms with Crippen LogP contribution in [-0.4, -0.2) is 37.3 Å². The number of esters is 1. The summed E-state index contributed by atoms with van der Waals surface area (Å²) in [6, 6.07) is 3.42. The van der Waals surface area contributed by atoms with Crippen LogP contribution in [0, 0.1) is 0 Å². The van der Waals surface area contributed by atoms with Gasteiger partial charge in [-0.1, -0.05) is 65.2 Å². The van der Waals surface area contributed by atoms with Crippen molar-refractivity contribution in [3.63, 3.8) is 0 Å². The van der Waals surface area contributed by atoms with Gasteiger partial charge < -0.3 is 15.4 Å². The van der Waals surface area contributed by atoms with Gasteiger partial charge in [-0.3, -0.25) is 18.9 Å². The number of anilines is 1. The van der Waals surface area contributed by atoms with Crippen molar-refractivity contribution in [3.8, 4) is 5.75 Å². The Labute approximate surface area is 221 Å². The van der Waals surface area contributed by atoms with E-state index in [9.17, 15) is 27.4 Å². The van der Waals surface area contributed by atoms with Crippen molar-refractivity contribution in [3.05, 3.63) is 18.2 Å². The van der Waals surface area contributed by atoms with E-state index in [-0.39, 0.29) is 36.1 Å². The fourth-order valence-electron chi connectivity index (χ4n) is 3.73. The Morgan fingerprint density at radius 2 is 1.35 bits per heavy atom. The zero-order valence-corrected chi connectivity index (χ0v) is 23.2. The molecule has 10 heteroatoms. The van der Waals surface area contributed by atoms with Gasteiger partial charge in [-0.2, -0.15) is 8.42 Å². The minimum atomic E-state index is -4.50. The van der Waals surface area contributed by atoms with Crippen molar-refractivity contribution in [2.24, 2.45) is 0 Å². The molecule has 0 aliphatic rings. The molecule has 0 unspecified atom stereocenters. The molecule has 0 aromatic heterocycles. The molecule has 37 heavy (non-hydrogen) atoms. The van der Waals surface area contributed by atoms with E-state index in [0.717, 1.165) is 50.7 Å². The number of carbonyl (C=O) groups is 3. The van der Waals surface area contributed by atoms with E-state index in [1.54, 1.807) is 0 Å². The number of benzene rings is 1. The van der Waals surface area contributed by atoms with Crippen LogP contribution in [-0.2, 0) is 24.5 Å². The second kappa shape index (κ2) is 18.7. The minimum Gasteiger partial charge on any atom is -0.424 e. The third kappa shape index (κ3) is 15.4. The number of hydrogen-bond donors (Lipinski definition) is 3. The first kappa shape index (κ1) is 32.6. The molecule has 0 saturated carbocycles. The fraction of sp³-hybridized carbons (Fsp3) is 0.667. The van der Waals surface area contributed by atoms with Gasteiger partial charge in [0.15, 0.2) is 5.75 Å². The lowest BCUT2D eigenvalue weighted by Gasteiger charge is -2.13. The molecule has 3 N–H and O–H groups in total. The summed E-state index contributed by atoms with van der Waals surface area (Å²) >= 11 is 0. The van der Waals surface area contributed by atoms with Crippen LogP contribution in [0.5, 0.6) is 5.75 Å². The minimum absolute atomic E-state index is 0.00549.